The van der Waals surface area contributed by atoms with Crippen molar-refractivity contribution >= 4 is 30.2 Å². The molecule has 0 amide bonds. The van der Waals surface area contributed by atoms with Crippen LogP contribution in [0.3, 0.4) is 0 Å². The Hall–Kier alpha value is -3.71. The Morgan fingerprint density at radius 3 is 1.81 bits per heavy atom. The van der Waals surface area contributed by atoms with Crippen LogP contribution in [0.15, 0.2) is 11.6 Å². The van der Waals surface area contributed by atoms with Crippen molar-refractivity contribution in [2.24, 2.45) is 50.2 Å². The number of aldehydes is 1. The van der Waals surface area contributed by atoms with Gasteiger partial charge in [-0.3, -0.25) is 14.4 Å². The van der Waals surface area contributed by atoms with Crippen LogP contribution in [0, 0.1) is 50.2 Å². The number of fused-ring (bicyclic) bond motifs is 7. The molecule has 0 aromatic heterocycles. The minimum Gasteiger partial charge on any atom is -0.479 e. The predicted molar refractivity (Wildman–Crippen MR) is 330 cm³/mol. The number of aliphatic carboxylic acids is 1. The summed E-state index contributed by atoms with van der Waals surface area (Å²) in [4.78, 5) is 67.4. The molecule has 10 fully saturated rings. The molecule has 0 radical (unpaired) electrons. The molecule has 6 saturated heterocycles. The van der Waals surface area contributed by atoms with Gasteiger partial charge in [0.1, 0.15) is 122 Å². The SMILES string of the molecule is CC(=O)OC[C@@H]1O[C@@H](O[C@@H]2[C@@H](O[C@@H]3O[C@@H](C)[C@H](O[C@@H]4OC[C@@H](O)[C@H](O)[C@H]4O)[C@@H](O)[C@H]3O)[C@H](OC(=O)[C@]34CCC(C)(C)C[C@@H]3C3=CC[C@@H]5[C@@]6(C)CC[C@H](O[C@@H]7O[C@H](C(=O)O)[C@@H](O)[C@H](O)[C@H]7O[C@@H]7O[C@H](CO)[C@H](O)[C@H](O)[C@H]7O)[C@@](C)(C=O)[C@@H]6CC[C@@]5(C)[C@]3(C)C[C@@H]4O)OC[C@@H]2OC(C)=O)[C@H](O)[C@H]1O. The molecule has 0 aromatic rings. The Bertz CT molecular complexity index is 3010. The van der Waals surface area contributed by atoms with E-state index in [1.165, 1.54) is 6.92 Å². The average molecular weight is 1450 g/mol. The Morgan fingerprint density at radius 1 is 0.564 bits per heavy atom. The van der Waals surface area contributed by atoms with E-state index in [1.807, 2.05) is 0 Å². The Labute approximate surface area is 581 Å². The van der Waals surface area contributed by atoms with Crippen LogP contribution in [-0.4, -0.2) is 311 Å². The monoisotopic (exact) mass is 1450 g/mol. The second kappa shape index (κ2) is 29.5. The predicted octanol–water partition coefficient (Wildman–Crippen LogP) is -4.06. The van der Waals surface area contributed by atoms with Crippen LogP contribution in [0.2, 0.25) is 0 Å². The van der Waals surface area contributed by atoms with Gasteiger partial charge in [0.05, 0.1) is 43.5 Å². The number of aliphatic hydroxyl groups excluding tert-OH is 14. The van der Waals surface area contributed by atoms with Crippen molar-refractivity contribution in [3.8, 4) is 0 Å². The third-order valence-corrected chi connectivity index (χ3v) is 25.0. The van der Waals surface area contributed by atoms with Crippen LogP contribution in [0.25, 0.3) is 0 Å². The third-order valence-electron chi connectivity index (χ3n) is 25.0. The summed E-state index contributed by atoms with van der Waals surface area (Å²) in [5.74, 6) is -5.62. The minimum atomic E-state index is -2.13. The number of allylic oxidation sites excluding steroid dienone is 2. The number of carboxylic acid groups (broad SMARTS) is 1. The van der Waals surface area contributed by atoms with E-state index in [1.54, 1.807) is 6.92 Å². The lowest BCUT2D eigenvalue weighted by molar-refractivity contribution is -0.377. The van der Waals surface area contributed by atoms with Gasteiger partial charge >= 0.3 is 23.9 Å². The van der Waals surface area contributed by atoms with Crippen molar-refractivity contribution in [2.45, 2.75) is 298 Å². The molecule has 0 aromatic carbocycles. The fourth-order valence-electron chi connectivity index (χ4n) is 19.1. The summed E-state index contributed by atoms with van der Waals surface area (Å²) in [6.45, 7) is 13.4. The van der Waals surface area contributed by atoms with Crippen LogP contribution >= 0.6 is 0 Å². The first kappa shape index (κ1) is 78.4. The fourth-order valence-corrected chi connectivity index (χ4v) is 19.1. The van der Waals surface area contributed by atoms with E-state index >= 15 is 4.79 Å². The molecule has 5 aliphatic carbocycles. The molecule has 34 nitrogen and oxygen atoms in total. The molecule has 4 saturated carbocycles. The summed E-state index contributed by atoms with van der Waals surface area (Å²) >= 11 is 0. The van der Waals surface area contributed by atoms with Gasteiger partial charge in [0, 0.05) is 13.8 Å². The van der Waals surface area contributed by atoms with Crippen molar-refractivity contribution in [2.75, 3.05) is 26.4 Å². The first-order valence-electron chi connectivity index (χ1n) is 34.8. The molecule has 6 heterocycles. The summed E-state index contributed by atoms with van der Waals surface area (Å²) in [7, 11) is 0. The van der Waals surface area contributed by atoms with Gasteiger partial charge in [-0.25, -0.2) is 4.79 Å². The molecule has 0 bridgehead atoms. The van der Waals surface area contributed by atoms with Gasteiger partial charge in [-0.1, -0.05) is 53.2 Å². The number of hydrogen-bond donors (Lipinski definition) is 15. The smallest absolute Gasteiger partial charge is 0.335 e. The van der Waals surface area contributed by atoms with Gasteiger partial charge in [-0.2, -0.15) is 0 Å². The lowest BCUT2D eigenvalue weighted by Crippen LogP contribution is -2.69. The molecule has 11 aliphatic rings. The quantitative estimate of drug-likeness (QED) is 0.0204. The van der Waals surface area contributed by atoms with Crippen LogP contribution in [-0.2, 0) is 90.3 Å². The van der Waals surface area contributed by atoms with Crippen LogP contribution in [0.5, 0.6) is 0 Å². The van der Waals surface area contributed by atoms with Crippen molar-refractivity contribution in [3.05, 3.63) is 11.6 Å². The van der Waals surface area contributed by atoms with Crippen molar-refractivity contribution in [1.29, 1.82) is 0 Å². The standard InChI is InChI=1S/C67H102O34/c1-25-49(96-55-45(81)38(74)30(72)21-89-55)44(80)48(84)56(91-25)100-53-50(97-57-46(82)40(76)32(94-57)22-88-26(2)70)33(92-27(3)71)23-90-59(53)101-61(87)67-17-16-62(4,5)18-29(67)28-10-11-35-63(6)14-13-37(64(7,24-69)34(63)12-15-65(35,8)66(28,9)19-36(67)73)95-60-52(43(79)42(78)51(98-60)54(85)86)99-58-47(83)41(77)39(75)31(20-68)93-58/h10,24-25,29-53,55-60,68,72-84H,11-23H2,1-9H3,(H,85,86)/t25-,29+,30+,31+,32-,33-,34+,35+,36-,37-,38-,39-,40-,41-,42-,43-,44-,45+,46+,47+,48+,49-,50-,51-,52+,53+,55-,56-,57-,58-,59-,60+,63-,64-,65+,66+,67+/m0/s1. The number of carbonyl (C=O) groups is 5. The van der Waals surface area contributed by atoms with E-state index in [9.17, 15) is 95.8 Å². The number of aliphatic hydroxyl groups is 14. The van der Waals surface area contributed by atoms with Gasteiger partial charge in [0.15, 0.2) is 49.8 Å². The normalized spacial score (nSPS) is 51.9. The molecule has 34 heteroatoms. The van der Waals surface area contributed by atoms with Crippen molar-refractivity contribution in [1.82, 2.24) is 0 Å². The van der Waals surface area contributed by atoms with Gasteiger partial charge in [-0.15, -0.1) is 0 Å². The van der Waals surface area contributed by atoms with E-state index in [0.717, 1.165) is 25.7 Å². The highest BCUT2D eigenvalue weighted by molar-refractivity contribution is 5.80. The van der Waals surface area contributed by atoms with Gasteiger partial charge in [0.2, 0.25) is 6.29 Å². The molecule has 11 rings (SSSR count). The maximum Gasteiger partial charge on any atom is 0.335 e. The fraction of sp³-hybridized carbons (Fsp3) is 0.896. The van der Waals surface area contributed by atoms with Crippen LogP contribution in [0.1, 0.15) is 120 Å². The molecule has 37 atom stereocenters. The van der Waals surface area contributed by atoms with Crippen molar-refractivity contribution < 1.29 is 167 Å². The molecule has 101 heavy (non-hydrogen) atoms. The van der Waals surface area contributed by atoms with E-state index in [0.29, 0.717) is 38.5 Å². The highest BCUT2D eigenvalue weighted by Gasteiger charge is 2.73. The topological polar surface area (TPSA) is 518 Å². The van der Waals surface area contributed by atoms with Gasteiger partial charge in [0.25, 0.3) is 0 Å². The number of rotatable bonds is 18. The molecular weight excluding hydrogens is 1350 g/mol. The number of ether oxygens (including phenoxy) is 14. The maximum atomic E-state index is 16.1. The summed E-state index contributed by atoms with van der Waals surface area (Å²) in [5, 5.41) is 165. The first-order valence-corrected chi connectivity index (χ1v) is 34.8. The van der Waals surface area contributed by atoms with Crippen molar-refractivity contribution in [3.63, 3.8) is 0 Å². The van der Waals surface area contributed by atoms with Gasteiger partial charge < -0.3 is 148 Å². The first-order chi connectivity index (χ1) is 47.3. The molecule has 15 N–H and O–H groups in total. The maximum absolute atomic E-state index is 16.1. The molecule has 0 spiro atoms. The zero-order valence-corrected chi connectivity index (χ0v) is 57.8. The zero-order valence-electron chi connectivity index (χ0n) is 57.8. The van der Waals surface area contributed by atoms with Gasteiger partial charge in [-0.05, 0) is 104 Å². The number of carbonyl (C=O) groups excluding carboxylic acids is 4. The highest BCUT2D eigenvalue weighted by atomic mass is 16.8. The van der Waals surface area contributed by atoms with E-state index in [4.69, 9.17) is 66.3 Å². The molecule has 0 unspecified atom stereocenters. The third kappa shape index (κ3) is 13.8. The molecule has 574 valence electrons. The Morgan fingerprint density at radius 2 is 1.16 bits per heavy atom. The van der Waals surface area contributed by atoms with Crippen LogP contribution in [0.4, 0.5) is 0 Å². The lowest BCUT2D eigenvalue weighted by Gasteiger charge is -2.71. The number of carboxylic acids is 1. The van der Waals surface area contributed by atoms with Crippen LogP contribution < -0.4 is 0 Å². The molecule has 6 aliphatic heterocycles. The highest BCUT2D eigenvalue weighted by Crippen LogP contribution is 2.76. The lowest BCUT2D eigenvalue weighted by atomic mass is 9.33. The minimum absolute atomic E-state index is 0.0200. The summed E-state index contributed by atoms with van der Waals surface area (Å²) in [6, 6.07) is 0. The summed E-state index contributed by atoms with van der Waals surface area (Å²) < 4.78 is 83.7. The number of esters is 3. The van der Waals surface area contributed by atoms with E-state index in [-0.39, 0.29) is 25.2 Å². The second-order valence-electron chi connectivity index (χ2n) is 31.5. The molecular formula is C67H102O34. The number of hydrogen-bond acceptors (Lipinski definition) is 33. The Balaban J connectivity index is 0.885. The average Bonchev–Trinajstić information content (AvgIpc) is 0.854. The van der Waals surface area contributed by atoms with E-state index in [2.05, 4.69) is 40.7 Å². The summed E-state index contributed by atoms with van der Waals surface area (Å²) in [6.07, 6.45) is -45.2. The largest absolute Gasteiger partial charge is 0.479 e. The Kier molecular flexibility index (Phi) is 22.9. The zero-order chi connectivity index (χ0) is 73.9. The summed E-state index contributed by atoms with van der Waals surface area (Å²) in [5.41, 5.74) is -4.82. The second-order valence-corrected chi connectivity index (χ2v) is 31.5. The van der Waals surface area contributed by atoms with E-state index < -0.39 is 273 Å².